The quantitative estimate of drug-likeness (QED) is 0.564. The summed E-state index contributed by atoms with van der Waals surface area (Å²) in [4.78, 5) is 26.0. The number of imidazole rings is 1. The monoisotopic (exact) mass is 466 g/mol. The van der Waals surface area contributed by atoms with Gasteiger partial charge in [0.15, 0.2) is 5.65 Å². The Bertz CT molecular complexity index is 1160. The molecule has 0 spiro atoms. The average Bonchev–Trinajstić information content (AvgIpc) is 3.19. The fourth-order valence-corrected chi connectivity index (χ4v) is 5.19. The number of para-hydroxylation sites is 1. The third-order valence-electron chi connectivity index (χ3n) is 7.22. The fourth-order valence-electron chi connectivity index (χ4n) is 5.19. The molecule has 180 valence electrons. The molecule has 0 atom stereocenters. The minimum Gasteiger partial charge on any atom is -0.381 e. The summed E-state index contributed by atoms with van der Waals surface area (Å²) in [6, 6.07) is 5.08. The smallest absolute Gasteiger partial charge is 0.220 e. The number of amides is 1. The van der Waals surface area contributed by atoms with Crippen molar-refractivity contribution in [1.29, 1.82) is 0 Å². The largest absolute Gasteiger partial charge is 0.381 e. The molecule has 0 bridgehead atoms. The summed E-state index contributed by atoms with van der Waals surface area (Å²) in [6.07, 6.45) is 7.59. The minimum atomic E-state index is -0.331. The number of anilines is 2. The van der Waals surface area contributed by atoms with Gasteiger partial charge in [-0.05, 0) is 63.0 Å². The molecule has 1 saturated carbocycles. The molecule has 1 aliphatic carbocycles. The minimum absolute atomic E-state index is 0.0843. The molecule has 0 radical (unpaired) electrons. The van der Waals surface area contributed by atoms with E-state index in [0.717, 1.165) is 75.2 Å². The number of rotatable bonds is 6. The SMILES string of the molecule is Cc1cccc(F)c1Nc1nc2cnc(CC3CCOCC3)nc2n1C1CCC(C(N)=O)CC1. The lowest BCUT2D eigenvalue weighted by atomic mass is 9.85. The van der Waals surface area contributed by atoms with E-state index in [1.807, 2.05) is 13.0 Å². The summed E-state index contributed by atoms with van der Waals surface area (Å²) >= 11 is 0. The number of benzene rings is 1. The van der Waals surface area contributed by atoms with Crippen LogP contribution < -0.4 is 11.1 Å². The Morgan fingerprint density at radius 2 is 1.94 bits per heavy atom. The predicted molar refractivity (Wildman–Crippen MR) is 127 cm³/mol. The van der Waals surface area contributed by atoms with Gasteiger partial charge in [-0.3, -0.25) is 9.36 Å². The van der Waals surface area contributed by atoms with Gasteiger partial charge in [0, 0.05) is 31.6 Å². The second-order valence-electron chi connectivity index (χ2n) is 9.52. The normalized spacial score (nSPS) is 21.6. The van der Waals surface area contributed by atoms with Gasteiger partial charge in [0.25, 0.3) is 0 Å². The van der Waals surface area contributed by atoms with E-state index < -0.39 is 0 Å². The van der Waals surface area contributed by atoms with Crippen LogP contribution in [-0.4, -0.2) is 38.6 Å². The number of carbonyl (C=O) groups is 1. The van der Waals surface area contributed by atoms with E-state index in [0.29, 0.717) is 23.1 Å². The summed E-state index contributed by atoms with van der Waals surface area (Å²) in [6.45, 7) is 3.43. The van der Waals surface area contributed by atoms with Crippen molar-refractivity contribution >= 4 is 28.7 Å². The zero-order valence-electron chi connectivity index (χ0n) is 19.5. The first-order valence-corrected chi connectivity index (χ1v) is 12.1. The first kappa shape index (κ1) is 22.7. The second kappa shape index (κ2) is 9.66. The van der Waals surface area contributed by atoms with Gasteiger partial charge in [-0.25, -0.2) is 19.3 Å². The van der Waals surface area contributed by atoms with Crippen molar-refractivity contribution < 1.29 is 13.9 Å². The van der Waals surface area contributed by atoms with Crippen LogP contribution in [0.1, 0.15) is 56.0 Å². The number of nitrogens with zero attached hydrogens (tertiary/aromatic N) is 4. The Balaban J connectivity index is 1.52. The molecule has 3 aromatic rings. The van der Waals surface area contributed by atoms with Crippen molar-refractivity contribution in [3.05, 3.63) is 41.6 Å². The molecule has 2 aliphatic rings. The number of hydrogen-bond donors (Lipinski definition) is 2. The average molecular weight is 467 g/mol. The molecule has 2 aromatic heterocycles. The third kappa shape index (κ3) is 4.61. The van der Waals surface area contributed by atoms with Crippen molar-refractivity contribution in [2.45, 2.75) is 57.9 Å². The van der Waals surface area contributed by atoms with Crippen molar-refractivity contribution in [2.24, 2.45) is 17.6 Å². The lowest BCUT2D eigenvalue weighted by Crippen LogP contribution is -2.29. The van der Waals surface area contributed by atoms with Crippen LogP contribution in [0.2, 0.25) is 0 Å². The first-order valence-electron chi connectivity index (χ1n) is 12.1. The van der Waals surface area contributed by atoms with E-state index in [2.05, 4.69) is 14.9 Å². The lowest BCUT2D eigenvalue weighted by Gasteiger charge is -2.29. The maximum atomic E-state index is 14.6. The zero-order valence-corrected chi connectivity index (χ0v) is 19.5. The van der Waals surface area contributed by atoms with Gasteiger partial charge in [0.1, 0.15) is 17.2 Å². The van der Waals surface area contributed by atoms with Crippen LogP contribution in [0.25, 0.3) is 11.2 Å². The summed E-state index contributed by atoms with van der Waals surface area (Å²) in [5.41, 5.74) is 8.17. The lowest BCUT2D eigenvalue weighted by molar-refractivity contribution is -0.122. The van der Waals surface area contributed by atoms with Gasteiger partial charge >= 0.3 is 0 Å². The van der Waals surface area contributed by atoms with Crippen LogP contribution in [0.15, 0.2) is 24.4 Å². The molecular weight excluding hydrogens is 435 g/mol. The molecule has 9 heteroatoms. The van der Waals surface area contributed by atoms with E-state index in [-0.39, 0.29) is 23.7 Å². The second-order valence-corrected chi connectivity index (χ2v) is 9.52. The maximum absolute atomic E-state index is 14.6. The maximum Gasteiger partial charge on any atom is 0.220 e. The Kier molecular flexibility index (Phi) is 6.45. The number of nitrogens with two attached hydrogens (primary N) is 1. The first-order chi connectivity index (χ1) is 16.5. The molecule has 3 heterocycles. The van der Waals surface area contributed by atoms with Gasteiger partial charge in [0.05, 0.1) is 11.9 Å². The number of ether oxygens (including phenoxy) is 1. The molecule has 1 aromatic carbocycles. The van der Waals surface area contributed by atoms with Crippen LogP contribution in [-0.2, 0) is 16.0 Å². The Morgan fingerprint density at radius 1 is 1.18 bits per heavy atom. The number of nitrogens with one attached hydrogen (secondary N) is 1. The number of primary amides is 1. The highest BCUT2D eigenvalue weighted by atomic mass is 19.1. The molecule has 3 N–H and O–H groups in total. The van der Waals surface area contributed by atoms with Crippen molar-refractivity contribution in [2.75, 3.05) is 18.5 Å². The van der Waals surface area contributed by atoms with Crippen LogP contribution in [0, 0.1) is 24.6 Å². The van der Waals surface area contributed by atoms with Crippen molar-refractivity contribution in [3.8, 4) is 0 Å². The summed E-state index contributed by atoms with van der Waals surface area (Å²) < 4.78 is 22.2. The van der Waals surface area contributed by atoms with Gasteiger partial charge in [-0.2, -0.15) is 0 Å². The molecule has 5 rings (SSSR count). The predicted octanol–water partition coefficient (Wildman–Crippen LogP) is 4.20. The fraction of sp³-hybridized carbons (Fsp3) is 0.520. The van der Waals surface area contributed by atoms with E-state index in [1.165, 1.54) is 6.07 Å². The highest BCUT2D eigenvalue weighted by Crippen LogP contribution is 2.37. The zero-order chi connectivity index (χ0) is 23.7. The van der Waals surface area contributed by atoms with Gasteiger partial charge < -0.3 is 15.8 Å². The number of aromatic nitrogens is 4. The highest BCUT2D eigenvalue weighted by Gasteiger charge is 2.29. The van der Waals surface area contributed by atoms with Gasteiger partial charge in [-0.15, -0.1) is 0 Å². The molecular formula is C25H31FN6O2. The summed E-state index contributed by atoms with van der Waals surface area (Å²) in [5.74, 6) is 1.17. The van der Waals surface area contributed by atoms with Gasteiger partial charge in [0.2, 0.25) is 11.9 Å². The highest BCUT2D eigenvalue weighted by molar-refractivity contribution is 5.77. The van der Waals surface area contributed by atoms with Crippen LogP contribution in [0.5, 0.6) is 0 Å². The standard InChI is InChI=1S/C25H31FN6O2/c1-15-3-2-4-19(26)22(15)31-25-29-20-14-28-21(13-16-9-11-34-12-10-16)30-24(20)32(25)18-7-5-17(6-8-18)23(27)33/h2-4,14,16-18H,5-13H2,1H3,(H2,27,33)(H,29,31). The van der Waals surface area contributed by atoms with Crippen LogP contribution >= 0.6 is 0 Å². The van der Waals surface area contributed by atoms with E-state index >= 15 is 0 Å². The summed E-state index contributed by atoms with van der Waals surface area (Å²) in [7, 11) is 0. The molecule has 1 saturated heterocycles. The van der Waals surface area contributed by atoms with Gasteiger partial charge in [-0.1, -0.05) is 12.1 Å². The van der Waals surface area contributed by atoms with Crippen LogP contribution in [0.3, 0.4) is 0 Å². The van der Waals surface area contributed by atoms with Crippen molar-refractivity contribution in [1.82, 2.24) is 19.5 Å². The van der Waals surface area contributed by atoms with Crippen molar-refractivity contribution in [3.63, 3.8) is 0 Å². The van der Waals surface area contributed by atoms with E-state index in [4.69, 9.17) is 20.4 Å². The number of hydrogen-bond acceptors (Lipinski definition) is 6. The molecule has 34 heavy (non-hydrogen) atoms. The van der Waals surface area contributed by atoms with E-state index in [1.54, 1.807) is 12.3 Å². The summed E-state index contributed by atoms with van der Waals surface area (Å²) in [5, 5.41) is 3.23. The Hall–Kier alpha value is -3.07. The molecule has 0 unspecified atom stereocenters. The van der Waals surface area contributed by atoms with E-state index in [9.17, 15) is 9.18 Å². The number of halogens is 1. The number of fused-ring (bicyclic) bond motifs is 1. The number of carbonyl (C=O) groups excluding carboxylic acids is 1. The molecule has 2 fully saturated rings. The molecule has 1 amide bonds. The topological polar surface area (TPSA) is 108 Å². The number of aryl methyl sites for hydroxylation is 1. The Morgan fingerprint density at radius 3 is 2.65 bits per heavy atom. The molecule has 1 aliphatic heterocycles. The molecule has 8 nitrogen and oxygen atoms in total. The third-order valence-corrected chi connectivity index (χ3v) is 7.22. The van der Waals surface area contributed by atoms with Crippen LogP contribution in [0.4, 0.5) is 16.0 Å². The Labute approximate surface area is 198 Å².